The van der Waals surface area contributed by atoms with E-state index in [1.807, 2.05) is 12.1 Å². The highest BCUT2D eigenvalue weighted by molar-refractivity contribution is 7.92. The summed E-state index contributed by atoms with van der Waals surface area (Å²) in [5, 5.41) is 9.78. The predicted molar refractivity (Wildman–Crippen MR) is 83.4 cm³/mol. The number of benzene rings is 1. The molecule has 0 amide bonds. The Labute approximate surface area is 127 Å². The van der Waals surface area contributed by atoms with Gasteiger partial charge in [0.05, 0.1) is 17.6 Å². The average molecular weight is 335 g/mol. The summed E-state index contributed by atoms with van der Waals surface area (Å²) in [5.74, 6) is 0.444. The van der Waals surface area contributed by atoms with Crippen molar-refractivity contribution in [3.8, 4) is 5.75 Å². The van der Waals surface area contributed by atoms with Crippen LogP contribution in [-0.4, -0.2) is 54.0 Å². The van der Waals surface area contributed by atoms with Gasteiger partial charge in [-0.05, 0) is 6.07 Å². The van der Waals surface area contributed by atoms with E-state index in [0.717, 1.165) is 11.8 Å². The summed E-state index contributed by atoms with van der Waals surface area (Å²) in [6, 6.07) is 7.21. The molecule has 0 bridgehead atoms. The maximum Gasteiger partial charge on any atom is 0.148 e. The van der Waals surface area contributed by atoms with E-state index < -0.39 is 26.7 Å². The number of para-hydroxylation sites is 1. The Hall–Kier alpha value is -0.960. The molecule has 1 aromatic rings. The number of aliphatic hydroxyl groups excluding tert-OH is 1. The first kappa shape index (κ1) is 18.1. The topological polar surface area (TPSA) is 107 Å². The van der Waals surface area contributed by atoms with E-state index in [1.165, 1.54) is 0 Å². The van der Waals surface area contributed by atoms with Gasteiger partial charge in [-0.3, -0.25) is 4.21 Å². The van der Waals surface area contributed by atoms with Crippen LogP contribution in [0.4, 0.5) is 0 Å². The number of hydrogen-bond donors (Lipinski definition) is 2. The van der Waals surface area contributed by atoms with Crippen molar-refractivity contribution in [1.82, 2.24) is 0 Å². The van der Waals surface area contributed by atoms with Gasteiger partial charge in [0.1, 0.15) is 22.2 Å². The summed E-state index contributed by atoms with van der Waals surface area (Å²) >= 11 is 0. The highest BCUT2D eigenvalue weighted by Gasteiger charge is 2.13. The Morgan fingerprint density at radius 1 is 1.38 bits per heavy atom. The van der Waals surface area contributed by atoms with Crippen LogP contribution in [0.3, 0.4) is 0 Å². The van der Waals surface area contributed by atoms with Gasteiger partial charge in [0.15, 0.2) is 0 Å². The smallest absolute Gasteiger partial charge is 0.148 e. The lowest BCUT2D eigenvalue weighted by Gasteiger charge is -2.14. The summed E-state index contributed by atoms with van der Waals surface area (Å²) < 4.78 is 39.0. The first-order valence-electron chi connectivity index (χ1n) is 6.43. The minimum atomic E-state index is -3.14. The first-order chi connectivity index (χ1) is 9.81. The van der Waals surface area contributed by atoms with Crippen LogP contribution >= 0.6 is 0 Å². The molecule has 0 aliphatic heterocycles. The normalized spacial score (nSPS) is 14.6. The van der Waals surface area contributed by atoms with Gasteiger partial charge in [-0.2, -0.15) is 0 Å². The summed E-state index contributed by atoms with van der Waals surface area (Å²) in [4.78, 5) is 0. The van der Waals surface area contributed by atoms with Crippen molar-refractivity contribution in [2.24, 2.45) is 5.73 Å². The number of ether oxygens (including phenoxy) is 1. The molecule has 6 nitrogen and oxygen atoms in total. The molecule has 0 saturated heterocycles. The SMILES string of the molecule is CS(=O)(=O)CCS(=O)CC(O)COc1ccccc1CN. The Balaban J connectivity index is 2.40. The molecular weight excluding hydrogens is 314 g/mol. The lowest BCUT2D eigenvalue weighted by Crippen LogP contribution is -2.27. The molecule has 3 N–H and O–H groups in total. The van der Waals surface area contributed by atoms with Crippen LogP contribution in [-0.2, 0) is 27.2 Å². The molecule has 120 valence electrons. The van der Waals surface area contributed by atoms with Crippen molar-refractivity contribution in [3.63, 3.8) is 0 Å². The zero-order valence-electron chi connectivity index (χ0n) is 11.9. The molecule has 0 saturated carbocycles. The minimum absolute atomic E-state index is 0.0123. The fourth-order valence-electron chi connectivity index (χ4n) is 1.59. The van der Waals surface area contributed by atoms with E-state index in [1.54, 1.807) is 12.1 Å². The largest absolute Gasteiger partial charge is 0.491 e. The van der Waals surface area contributed by atoms with Gasteiger partial charge in [0.2, 0.25) is 0 Å². The fraction of sp³-hybridized carbons (Fsp3) is 0.538. The second-order valence-corrected chi connectivity index (χ2v) is 8.60. The van der Waals surface area contributed by atoms with Crippen molar-refractivity contribution in [1.29, 1.82) is 0 Å². The van der Waals surface area contributed by atoms with Gasteiger partial charge in [-0.15, -0.1) is 0 Å². The highest BCUT2D eigenvalue weighted by Crippen LogP contribution is 2.17. The third kappa shape index (κ3) is 7.56. The molecular formula is C13H21NO5S2. The van der Waals surface area contributed by atoms with Crippen molar-refractivity contribution in [2.75, 3.05) is 30.1 Å². The lowest BCUT2D eigenvalue weighted by atomic mass is 10.2. The monoisotopic (exact) mass is 335 g/mol. The third-order valence-electron chi connectivity index (χ3n) is 2.68. The Morgan fingerprint density at radius 3 is 2.67 bits per heavy atom. The van der Waals surface area contributed by atoms with E-state index >= 15 is 0 Å². The Morgan fingerprint density at radius 2 is 2.05 bits per heavy atom. The molecule has 0 aliphatic rings. The molecule has 0 fully saturated rings. The van der Waals surface area contributed by atoms with Crippen LogP contribution < -0.4 is 10.5 Å². The van der Waals surface area contributed by atoms with Crippen LogP contribution in [0.15, 0.2) is 24.3 Å². The zero-order chi connectivity index (χ0) is 15.9. The second kappa shape index (κ2) is 8.47. The van der Waals surface area contributed by atoms with Crippen molar-refractivity contribution in [2.45, 2.75) is 12.6 Å². The molecule has 21 heavy (non-hydrogen) atoms. The fourth-order valence-corrected chi connectivity index (χ4v) is 4.24. The summed E-state index contributed by atoms with van der Waals surface area (Å²) in [5.41, 5.74) is 6.39. The maximum atomic E-state index is 11.6. The minimum Gasteiger partial charge on any atom is -0.491 e. The van der Waals surface area contributed by atoms with Crippen molar-refractivity contribution in [3.05, 3.63) is 29.8 Å². The standard InChI is InChI=1S/C13H21NO5S2/c1-21(17,18)7-6-20(16)10-12(15)9-19-13-5-3-2-4-11(13)8-14/h2-5,12,15H,6-10,14H2,1H3. The zero-order valence-corrected chi connectivity index (χ0v) is 13.5. The van der Waals surface area contributed by atoms with Crippen LogP contribution in [0, 0.1) is 0 Å². The van der Waals surface area contributed by atoms with Gasteiger partial charge >= 0.3 is 0 Å². The van der Waals surface area contributed by atoms with Crippen LogP contribution in [0.5, 0.6) is 5.75 Å². The molecule has 2 atom stereocenters. The number of rotatable bonds is 9. The van der Waals surface area contributed by atoms with Crippen LogP contribution in [0.2, 0.25) is 0 Å². The van der Waals surface area contributed by atoms with Gasteiger partial charge in [0.25, 0.3) is 0 Å². The van der Waals surface area contributed by atoms with Gasteiger partial charge < -0.3 is 15.6 Å². The molecule has 1 aromatic carbocycles. The third-order valence-corrected chi connectivity index (χ3v) is 5.30. The van der Waals surface area contributed by atoms with Crippen molar-refractivity contribution < 1.29 is 22.5 Å². The van der Waals surface area contributed by atoms with E-state index in [4.69, 9.17) is 10.5 Å². The Kier molecular flexibility index (Phi) is 7.30. The number of hydrogen-bond acceptors (Lipinski definition) is 6. The summed E-state index contributed by atoms with van der Waals surface area (Å²) in [7, 11) is -4.53. The van der Waals surface area contributed by atoms with E-state index in [0.29, 0.717) is 12.3 Å². The quantitative estimate of drug-likeness (QED) is 0.640. The number of aliphatic hydroxyl groups is 1. The maximum absolute atomic E-state index is 11.6. The molecule has 0 radical (unpaired) electrons. The molecule has 0 heterocycles. The highest BCUT2D eigenvalue weighted by atomic mass is 32.2. The van der Waals surface area contributed by atoms with Gasteiger partial charge in [-0.25, -0.2) is 8.42 Å². The van der Waals surface area contributed by atoms with Crippen LogP contribution in [0.25, 0.3) is 0 Å². The number of nitrogens with two attached hydrogens (primary N) is 1. The first-order valence-corrected chi connectivity index (χ1v) is 9.98. The molecule has 2 unspecified atom stereocenters. The molecule has 8 heteroatoms. The summed E-state index contributed by atoms with van der Waals surface area (Å²) in [6.45, 7) is 0.314. The predicted octanol–water partition coefficient (Wildman–Crippen LogP) is -0.322. The molecule has 0 aromatic heterocycles. The summed E-state index contributed by atoms with van der Waals surface area (Å²) in [6.07, 6.45) is 0.171. The molecule has 1 rings (SSSR count). The van der Waals surface area contributed by atoms with Crippen molar-refractivity contribution >= 4 is 20.6 Å². The van der Waals surface area contributed by atoms with Gasteiger partial charge in [-0.1, -0.05) is 18.2 Å². The second-order valence-electron chi connectivity index (χ2n) is 4.72. The molecule has 0 spiro atoms. The van der Waals surface area contributed by atoms with E-state index in [9.17, 15) is 17.7 Å². The van der Waals surface area contributed by atoms with E-state index in [-0.39, 0.29) is 23.9 Å². The Bertz CT molecular complexity index is 574. The molecule has 0 aliphatic carbocycles. The number of sulfone groups is 1. The van der Waals surface area contributed by atoms with Crippen LogP contribution in [0.1, 0.15) is 5.56 Å². The van der Waals surface area contributed by atoms with E-state index in [2.05, 4.69) is 0 Å². The average Bonchev–Trinajstić information content (AvgIpc) is 2.42. The van der Waals surface area contributed by atoms with Gasteiger partial charge in [0, 0.05) is 34.9 Å². The lowest BCUT2D eigenvalue weighted by molar-refractivity contribution is 0.125.